The van der Waals surface area contributed by atoms with Crippen LogP contribution in [0.4, 0.5) is 5.69 Å². The van der Waals surface area contributed by atoms with E-state index in [1.54, 1.807) is 7.11 Å². The second-order valence-corrected chi connectivity index (χ2v) is 6.21. The number of rotatable bonds is 5. The summed E-state index contributed by atoms with van der Waals surface area (Å²) in [6, 6.07) is 7.84. The van der Waals surface area contributed by atoms with Crippen LogP contribution in [0.3, 0.4) is 0 Å². The number of nitrogens with zero attached hydrogens (tertiary/aromatic N) is 1. The molecule has 0 radical (unpaired) electrons. The van der Waals surface area contributed by atoms with Crippen molar-refractivity contribution in [1.82, 2.24) is 5.32 Å². The van der Waals surface area contributed by atoms with Crippen LogP contribution in [0.15, 0.2) is 24.3 Å². The van der Waals surface area contributed by atoms with Crippen LogP contribution in [0.5, 0.6) is 5.75 Å². The van der Waals surface area contributed by atoms with Gasteiger partial charge in [0.15, 0.2) is 0 Å². The van der Waals surface area contributed by atoms with Crippen LogP contribution in [0.1, 0.15) is 26.7 Å². The summed E-state index contributed by atoms with van der Waals surface area (Å²) in [6.45, 7) is 5.74. The van der Waals surface area contributed by atoms with Crippen molar-refractivity contribution in [2.24, 2.45) is 11.7 Å². The number of methoxy groups -OCH3 is 1. The minimum atomic E-state index is -0.424. The average Bonchev–Trinajstić information content (AvgIpc) is 2.54. The average molecular weight is 305 g/mol. The predicted octanol–water partition coefficient (Wildman–Crippen LogP) is 1.76. The Morgan fingerprint density at radius 1 is 1.32 bits per heavy atom. The normalized spacial score (nSPS) is 17.4. The molecule has 1 atom stereocenters. The molecule has 22 heavy (non-hydrogen) atoms. The minimum absolute atomic E-state index is 0.0364. The number of nitrogens with one attached hydrogen (secondary N) is 1. The molecule has 2 rings (SSSR count). The van der Waals surface area contributed by atoms with Gasteiger partial charge in [0.2, 0.25) is 5.91 Å². The van der Waals surface area contributed by atoms with E-state index < -0.39 is 6.04 Å². The lowest BCUT2D eigenvalue weighted by molar-refractivity contribution is -0.124. The van der Waals surface area contributed by atoms with Gasteiger partial charge in [0.25, 0.3) is 0 Å². The molecule has 1 aromatic carbocycles. The molecule has 1 aliphatic heterocycles. The Hall–Kier alpha value is -1.75. The predicted molar refractivity (Wildman–Crippen MR) is 89.2 cm³/mol. The largest absolute Gasteiger partial charge is 0.495 e. The number of para-hydroxylation sites is 2. The number of amides is 1. The summed E-state index contributed by atoms with van der Waals surface area (Å²) in [4.78, 5) is 14.3. The molecule has 0 unspecified atom stereocenters. The van der Waals surface area contributed by atoms with Crippen molar-refractivity contribution in [1.29, 1.82) is 0 Å². The summed E-state index contributed by atoms with van der Waals surface area (Å²) < 4.78 is 5.42. The quantitative estimate of drug-likeness (QED) is 0.870. The van der Waals surface area contributed by atoms with E-state index in [9.17, 15) is 4.79 Å². The van der Waals surface area contributed by atoms with E-state index in [1.807, 2.05) is 32.0 Å². The summed E-state index contributed by atoms with van der Waals surface area (Å²) in [5, 5.41) is 3.08. The van der Waals surface area contributed by atoms with E-state index in [1.165, 1.54) is 0 Å². The van der Waals surface area contributed by atoms with Gasteiger partial charge in [-0.2, -0.15) is 0 Å². The number of carbonyl (C=O) groups excluding carboxylic acids is 1. The Morgan fingerprint density at radius 2 is 1.95 bits per heavy atom. The second-order valence-electron chi connectivity index (χ2n) is 6.21. The van der Waals surface area contributed by atoms with Crippen molar-refractivity contribution in [3.63, 3.8) is 0 Å². The molecule has 1 aromatic rings. The Kier molecular flexibility index (Phi) is 5.66. The van der Waals surface area contributed by atoms with E-state index in [2.05, 4.69) is 16.3 Å². The number of nitrogens with two attached hydrogens (primary N) is 1. The fraction of sp³-hybridized carbons (Fsp3) is 0.588. The number of hydrogen-bond acceptors (Lipinski definition) is 4. The third-order valence-corrected chi connectivity index (χ3v) is 4.29. The summed E-state index contributed by atoms with van der Waals surface area (Å²) in [5.41, 5.74) is 7.01. The minimum Gasteiger partial charge on any atom is -0.495 e. The number of carbonyl (C=O) groups is 1. The van der Waals surface area contributed by atoms with E-state index in [4.69, 9.17) is 10.5 Å². The first-order valence-electron chi connectivity index (χ1n) is 7.97. The van der Waals surface area contributed by atoms with E-state index in [0.29, 0.717) is 0 Å². The fourth-order valence-corrected chi connectivity index (χ4v) is 2.76. The summed E-state index contributed by atoms with van der Waals surface area (Å²) in [7, 11) is 1.69. The molecule has 5 heteroatoms. The van der Waals surface area contributed by atoms with Crippen LogP contribution in [0.25, 0.3) is 0 Å². The first-order chi connectivity index (χ1) is 10.5. The Morgan fingerprint density at radius 3 is 2.55 bits per heavy atom. The van der Waals surface area contributed by atoms with Gasteiger partial charge in [-0.05, 0) is 30.9 Å². The van der Waals surface area contributed by atoms with Gasteiger partial charge < -0.3 is 20.7 Å². The Labute approximate surface area is 132 Å². The molecular weight excluding hydrogens is 278 g/mol. The molecular formula is C17H27N3O2. The summed E-state index contributed by atoms with van der Waals surface area (Å²) in [6.07, 6.45) is 1.85. The van der Waals surface area contributed by atoms with Gasteiger partial charge in [0, 0.05) is 19.1 Å². The number of anilines is 1. The van der Waals surface area contributed by atoms with Crippen molar-refractivity contribution >= 4 is 11.6 Å². The molecule has 1 saturated heterocycles. The van der Waals surface area contributed by atoms with Gasteiger partial charge in [-0.1, -0.05) is 26.0 Å². The van der Waals surface area contributed by atoms with Crippen LogP contribution >= 0.6 is 0 Å². The van der Waals surface area contributed by atoms with Crippen LogP contribution in [0.2, 0.25) is 0 Å². The highest BCUT2D eigenvalue weighted by atomic mass is 16.5. The Bertz CT molecular complexity index is 496. The number of hydrogen-bond donors (Lipinski definition) is 2. The molecule has 0 bridgehead atoms. The zero-order valence-electron chi connectivity index (χ0n) is 13.7. The van der Waals surface area contributed by atoms with E-state index in [-0.39, 0.29) is 17.9 Å². The zero-order valence-corrected chi connectivity index (χ0v) is 13.7. The standard InChI is InChI=1S/C17H27N3O2/c1-12(2)16(18)17(21)19-13-8-10-20(11-9-13)14-6-4-5-7-15(14)22-3/h4-7,12-13,16H,8-11,18H2,1-3H3,(H,19,21)/t16-/m0/s1. The second kappa shape index (κ2) is 7.49. The SMILES string of the molecule is COc1ccccc1N1CCC(NC(=O)[C@@H](N)C(C)C)CC1. The highest BCUT2D eigenvalue weighted by molar-refractivity contribution is 5.82. The maximum absolute atomic E-state index is 12.0. The lowest BCUT2D eigenvalue weighted by Gasteiger charge is -2.35. The van der Waals surface area contributed by atoms with E-state index >= 15 is 0 Å². The lowest BCUT2D eigenvalue weighted by atomic mass is 10.0. The van der Waals surface area contributed by atoms with Crippen molar-refractivity contribution in [2.45, 2.75) is 38.8 Å². The highest BCUT2D eigenvalue weighted by Crippen LogP contribution is 2.29. The summed E-state index contributed by atoms with van der Waals surface area (Å²) in [5.74, 6) is 1.02. The molecule has 3 N–H and O–H groups in total. The maximum Gasteiger partial charge on any atom is 0.237 e. The molecule has 1 amide bonds. The van der Waals surface area contributed by atoms with E-state index in [0.717, 1.165) is 37.4 Å². The molecule has 0 aliphatic carbocycles. The van der Waals surface area contributed by atoms with Crippen molar-refractivity contribution in [3.8, 4) is 5.75 Å². The molecule has 1 fully saturated rings. The molecule has 1 heterocycles. The van der Waals surface area contributed by atoms with Gasteiger partial charge >= 0.3 is 0 Å². The maximum atomic E-state index is 12.0. The number of ether oxygens (including phenoxy) is 1. The Balaban J connectivity index is 1.89. The van der Waals surface area contributed by atoms with Crippen LogP contribution in [-0.4, -0.2) is 38.2 Å². The molecule has 0 aromatic heterocycles. The highest BCUT2D eigenvalue weighted by Gasteiger charge is 2.25. The first-order valence-corrected chi connectivity index (χ1v) is 7.97. The number of benzene rings is 1. The van der Waals surface area contributed by atoms with Gasteiger partial charge in [0.1, 0.15) is 5.75 Å². The van der Waals surface area contributed by atoms with Crippen LogP contribution in [-0.2, 0) is 4.79 Å². The smallest absolute Gasteiger partial charge is 0.237 e. The van der Waals surface area contributed by atoms with Gasteiger partial charge in [-0.15, -0.1) is 0 Å². The topological polar surface area (TPSA) is 67.6 Å². The zero-order chi connectivity index (χ0) is 16.1. The molecule has 5 nitrogen and oxygen atoms in total. The molecule has 0 spiro atoms. The van der Waals surface area contributed by atoms with Crippen molar-refractivity contribution < 1.29 is 9.53 Å². The van der Waals surface area contributed by atoms with Gasteiger partial charge in [-0.25, -0.2) is 0 Å². The van der Waals surface area contributed by atoms with Crippen molar-refractivity contribution in [2.75, 3.05) is 25.1 Å². The monoisotopic (exact) mass is 305 g/mol. The molecule has 122 valence electrons. The molecule has 0 saturated carbocycles. The van der Waals surface area contributed by atoms with Crippen LogP contribution in [0, 0.1) is 5.92 Å². The van der Waals surface area contributed by atoms with Gasteiger partial charge in [0.05, 0.1) is 18.8 Å². The fourth-order valence-electron chi connectivity index (χ4n) is 2.76. The third-order valence-electron chi connectivity index (χ3n) is 4.29. The van der Waals surface area contributed by atoms with Gasteiger partial charge in [-0.3, -0.25) is 4.79 Å². The van der Waals surface area contributed by atoms with Crippen LogP contribution < -0.4 is 20.7 Å². The van der Waals surface area contributed by atoms with Crippen molar-refractivity contribution in [3.05, 3.63) is 24.3 Å². The number of piperidine rings is 1. The lowest BCUT2D eigenvalue weighted by Crippen LogP contribution is -2.51. The third kappa shape index (κ3) is 3.91. The summed E-state index contributed by atoms with van der Waals surface area (Å²) >= 11 is 0. The molecule has 1 aliphatic rings. The first kappa shape index (κ1) is 16.6.